The predicted molar refractivity (Wildman–Crippen MR) is 60.1 cm³/mol. The first-order valence-electron chi connectivity index (χ1n) is 4.45. The highest BCUT2D eigenvalue weighted by Crippen LogP contribution is 2.31. The van der Waals surface area contributed by atoms with Crippen molar-refractivity contribution >= 4 is 33.8 Å². The summed E-state index contributed by atoms with van der Waals surface area (Å²) in [5.74, 6) is -1.44. The Balaban J connectivity index is 4.27. The average Bonchev–Trinajstić information content (AvgIpc) is 2.09. The van der Waals surface area contributed by atoms with Crippen molar-refractivity contribution in [3.05, 3.63) is 0 Å². The fourth-order valence-corrected chi connectivity index (χ4v) is 2.83. The van der Waals surface area contributed by atoms with Gasteiger partial charge >= 0.3 is 21.3 Å². The van der Waals surface area contributed by atoms with Crippen LogP contribution in [0.5, 0.6) is 0 Å². The van der Waals surface area contributed by atoms with Gasteiger partial charge in [0.15, 0.2) is 0 Å². The van der Waals surface area contributed by atoms with Gasteiger partial charge < -0.3 is 0 Å². The van der Waals surface area contributed by atoms with Crippen molar-refractivity contribution in [2.45, 2.75) is 11.0 Å². The van der Waals surface area contributed by atoms with E-state index in [-0.39, 0.29) is 4.31 Å². The molecule has 0 aliphatic heterocycles. The van der Waals surface area contributed by atoms with Gasteiger partial charge in [-0.15, -0.1) is 0 Å². The molecular weight excluding hydrogens is 344 g/mol. The van der Waals surface area contributed by atoms with Crippen LogP contribution >= 0.6 is 23.5 Å². The topological polar surface area (TPSA) is 57.6 Å². The molecule has 0 radical (unpaired) electrons. The third-order valence-electron chi connectivity index (χ3n) is 1.54. The first-order chi connectivity index (χ1) is 8.31. The number of hydrogen-bond acceptors (Lipinski definition) is 4. The van der Waals surface area contributed by atoms with Gasteiger partial charge in [-0.2, -0.15) is 39.1 Å². The molecule has 0 aliphatic carbocycles. The highest BCUT2D eigenvalue weighted by atomic mass is 32.2. The zero-order valence-electron chi connectivity index (χ0n) is 9.03. The number of alkyl halides is 6. The SMILES string of the molecule is O=S(=O)(O)N(CCSC(F)(F)F)CCSC(F)(F)F. The van der Waals surface area contributed by atoms with Gasteiger partial charge in [0.1, 0.15) is 0 Å². The summed E-state index contributed by atoms with van der Waals surface area (Å²) >= 11 is -1.06. The van der Waals surface area contributed by atoms with Crippen LogP contribution in [0.1, 0.15) is 0 Å². The van der Waals surface area contributed by atoms with E-state index in [9.17, 15) is 34.8 Å². The van der Waals surface area contributed by atoms with Gasteiger partial charge in [-0.1, -0.05) is 0 Å². The molecule has 116 valence electrons. The van der Waals surface area contributed by atoms with Gasteiger partial charge in [-0.3, -0.25) is 4.55 Å². The van der Waals surface area contributed by atoms with E-state index < -0.39 is 69.4 Å². The summed E-state index contributed by atoms with van der Waals surface area (Å²) in [5.41, 5.74) is -9.16. The minimum absolute atomic E-state index is 0.157. The molecule has 0 aromatic heterocycles. The quantitative estimate of drug-likeness (QED) is 0.563. The van der Waals surface area contributed by atoms with Crippen LogP contribution in [0.25, 0.3) is 0 Å². The van der Waals surface area contributed by atoms with E-state index in [2.05, 4.69) is 0 Å². The lowest BCUT2D eigenvalue weighted by Crippen LogP contribution is -2.35. The van der Waals surface area contributed by atoms with Crippen molar-refractivity contribution in [1.82, 2.24) is 4.31 Å². The zero-order chi connectivity index (χ0) is 15.3. The third kappa shape index (κ3) is 11.7. The van der Waals surface area contributed by atoms with Crippen LogP contribution in [0.15, 0.2) is 0 Å². The van der Waals surface area contributed by atoms with E-state index in [1.54, 1.807) is 0 Å². The second kappa shape index (κ2) is 7.24. The normalized spacial score (nSPS) is 14.1. The van der Waals surface area contributed by atoms with Crippen molar-refractivity contribution in [3.63, 3.8) is 0 Å². The van der Waals surface area contributed by atoms with Gasteiger partial charge in [0.25, 0.3) is 0 Å². The predicted octanol–water partition coefficient (Wildman–Crippen LogP) is 2.60. The molecule has 0 fully saturated rings. The molecule has 0 atom stereocenters. The molecule has 0 aliphatic rings. The summed E-state index contributed by atoms with van der Waals surface area (Å²) in [7, 11) is -4.83. The molecule has 0 bridgehead atoms. The van der Waals surface area contributed by atoms with Crippen LogP contribution in [0.4, 0.5) is 26.3 Å². The Kier molecular flexibility index (Phi) is 7.30. The van der Waals surface area contributed by atoms with E-state index in [0.717, 1.165) is 0 Å². The molecule has 0 saturated carbocycles. The van der Waals surface area contributed by atoms with E-state index in [4.69, 9.17) is 4.55 Å². The molecule has 0 saturated heterocycles. The lowest BCUT2D eigenvalue weighted by molar-refractivity contribution is -0.0335. The summed E-state index contributed by atoms with van der Waals surface area (Å²) in [4.78, 5) is 0. The number of thioether (sulfide) groups is 2. The van der Waals surface area contributed by atoms with Gasteiger partial charge in [0.2, 0.25) is 0 Å². The van der Waals surface area contributed by atoms with Gasteiger partial charge in [0.05, 0.1) is 0 Å². The summed E-state index contributed by atoms with van der Waals surface area (Å²) in [6.07, 6.45) is 0. The summed E-state index contributed by atoms with van der Waals surface area (Å²) in [5, 5.41) is 0. The minimum Gasteiger partial charge on any atom is -0.273 e. The Morgan fingerprint density at radius 1 is 0.895 bits per heavy atom. The minimum atomic E-state index is -4.83. The van der Waals surface area contributed by atoms with Gasteiger partial charge in [-0.05, 0) is 23.5 Å². The lowest BCUT2D eigenvalue weighted by Gasteiger charge is -2.18. The smallest absolute Gasteiger partial charge is 0.273 e. The van der Waals surface area contributed by atoms with E-state index in [1.807, 2.05) is 0 Å². The van der Waals surface area contributed by atoms with Crippen LogP contribution in [0, 0.1) is 0 Å². The molecule has 1 N–H and O–H groups in total. The van der Waals surface area contributed by atoms with Crippen molar-refractivity contribution < 1.29 is 39.3 Å². The molecule has 0 heterocycles. The monoisotopic (exact) mass is 353 g/mol. The fourth-order valence-electron chi connectivity index (χ4n) is 0.869. The summed E-state index contributed by atoms with van der Waals surface area (Å²) in [6.45, 7) is -1.47. The molecule has 19 heavy (non-hydrogen) atoms. The maximum Gasteiger partial charge on any atom is 0.441 e. The zero-order valence-corrected chi connectivity index (χ0v) is 11.5. The van der Waals surface area contributed by atoms with Crippen molar-refractivity contribution in [2.75, 3.05) is 24.6 Å². The van der Waals surface area contributed by atoms with Crippen molar-refractivity contribution in [1.29, 1.82) is 0 Å². The largest absolute Gasteiger partial charge is 0.441 e. The van der Waals surface area contributed by atoms with Crippen molar-refractivity contribution in [3.8, 4) is 0 Å². The highest BCUT2D eigenvalue weighted by molar-refractivity contribution is 8.00. The lowest BCUT2D eigenvalue weighted by atomic mass is 10.6. The van der Waals surface area contributed by atoms with E-state index in [1.165, 1.54) is 0 Å². The Morgan fingerprint density at radius 3 is 1.42 bits per heavy atom. The molecule has 13 heteroatoms. The van der Waals surface area contributed by atoms with Crippen LogP contribution in [-0.2, 0) is 10.3 Å². The van der Waals surface area contributed by atoms with Gasteiger partial charge in [0, 0.05) is 24.6 Å². The number of hydrogen-bond donors (Lipinski definition) is 1. The molecule has 0 spiro atoms. The molecule has 0 aromatic carbocycles. The van der Waals surface area contributed by atoms with Crippen molar-refractivity contribution in [2.24, 2.45) is 0 Å². The first-order valence-corrected chi connectivity index (χ1v) is 7.82. The molecule has 4 nitrogen and oxygen atoms in total. The Labute approximate surface area is 113 Å². The van der Waals surface area contributed by atoms with E-state index >= 15 is 0 Å². The van der Waals surface area contributed by atoms with Crippen LogP contribution < -0.4 is 0 Å². The van der Waals surface area contributed by atoms with Gasteiger partial charge in [-0.25, -0.2) is 0 Å². The first kappa shape index (κ1) is 19.1. The summed E-state index contributed by atoms with van der Waals surface area (Å²) in [6, 6.07) is 0. The second-order valence-electron chi connectivity index (χ2n) is 2.97. The number of halogens is 6. The third-order valence-corrected chi connectivity index (χ3v) is 3.98. The Hall–Kier alpha value is 0.150. The highest BCUT2D eigenvalue weighted by Gasteiger charge is 2.31. The molecule has 0 unspecified atom stereocenters. The molecule has 0 amide bonds. The van der Waals surface area contributed by atoms with Crippen LogP contribution in [0.3, 0.4) is 0 Å². The Morgan fingerprint density at radius 2 is 1.21 bits per heavy atom. The summed E-state index contributed by atoms with van der Waals surface area (Å²) < 4.78 is 101. The Bertz CT molecular complexity index is 347. The molecular formula is C6H9F6NO3S3. The standard InChI is InChI=1S/C6H9F6NO3S3/c7-5(8,9)17-3-1-13(19(14,15)16)2-4-18-6(10,11)12/h1-4H2,(H,14,15,16). The molecule has 0 aromatic rings. The maximum absolute atomic E-state index is 11.8. The maximum atomic E-state index is 11.8. The number of rotatable bonds is 7. The second-order valence-corrected chi connectivity index (χ2v) is 6.70. The fraction of sp³-hybridized carbons (Fsp3) is 1.00. The average molecular weight is 353 g/mol. The van der Waals surface area contributed by atoms with Crippen LogP contribution in [0.2, 0.25) is 0 Å². The van der Waals surface area contributed by atoms with E-state index in [0.29, 0.717) is 0 Å². The van der Waals surface area contributed by atoms with Crippen LogP contribution in [-0.4, -0.2) is 52.9 Å². The number of nitrogens with zero attached hydrogens (tertiary/aromatic N) is 1. The molecule has 0 rings (SSSR count).